The average molecular weight is 303 g/mol. The van der Waals surface area contributed by atoms with Gasteiger partial charge in [0.15, 0.2) is 0 Å². The highest BCUT2D eigenvalue weighted by Gasteiger charge is 2.31. The summed E-state index contributed by atoms with van der Waals surface area (Å²) in [6, 6.07) is 16.7. The second-order valence-corrected chi connectivity index (χ2v) is 7.86. The van der Waals surface area contributed by atoms with Crippen molar-refractivity contribution in [1.82, 2.24) is 0 Å². The van der Waals surface area contributed by atoms with E-state index in [-0.39, 0.29) is 12.0 Å². The molecule has 0 aromatic heterocycles. The lowest BCUT2D eigenvalue weighted by Gasteiger charge is -2.24. The van der Waals surface area contributed by atoms with E-state index in [2.05, 4.69) is 13.8 Å². The summed E-state index contributed by atoms with van der Waals surface area (Å²) in [7, 11) is -1.62. The van der Waals surface area contributed by atoms with Crippen LogP contribution in [-0.2, 0) is 9.09 Å². The van der Waals surface area contributed by atoms with Crippen molar-refractivity contribution in [3.8, 4) is 0 Å². The molecule has 2 atom stereocenters. The van der Waals surface area contributed by atoms with Crippen LogP contribution >= 0.6 is 7.37 Å². The van der Waals surface area contributed by atoms with Crippen LogP contribution < -0.4 is 16.3 Å². The molecule has 3 nitrogen and oxygen atoms in total. The van der Waals surface area contributed by atoms with Gasteiger partial charge in [-0.3, -0.25) is 4.57 Å². The normalized spacial score (nSPS) is 15.7. The van der Waals surface area contributed by atoms with E-state index in [1.54, 1.807) is 0 Å². The second-order valence-electron chi connectivity index (χ2n) is 5.40. The maximum Gasteiger partial charge on any atom is 0.261 e. The third-order valence-electron chi connectivity index (χ3n) is 3.68. The minimum atomic E-state index is -3.12. The van der Waals surface area contributed by atoms with Gasteiger partial charge in [-0.05, 0) is 29.7 Å². The maximum absolute atomic E-state index is 13.5. The molecule has 0 aliphatic carbocycles. The molecule has 21 heavy (non-hydrogen) atoms. The molecule has 2 unspecified atom stereocenters. The molecule has 0 bridgehead atoms. The molecule has 2 rings (SSSR count). The first-order valence-electron chi connectivity index (χ1n) is 7.07. The summed E-state index contributed by atoms with van der Waals surface area (Å²) in [6.07, 6.45) is 0. The van der Waals surface area contributed by atoms with Crippen molar-refractivity contribution in [2.45, 2.75) is 19.9 Å². The Kier molecular flexibility index (Phi) is 5.00. The van der Waals surface area contributed by atoms with Crippen LogP contribution in [0.4, 0.5) is 0 Å². The van der Waals surface area contributed by atoms with Gasteiger partial charge in [-0.15, -0.1) is 0 Å². The van der Waals surface area contributed by atoms with Gasteiger partial charge in [-0.2, -0.15) is 0 Å². The lowest BCUT2D eigenvalue weighted by molar-refractivity contribution is 0.411. The molecule has 0 saturated carbocycles. The van der Waals surface area contributed by atoms with Crippen LogP contribution in [0.5, 0.6) is 0 Å². The summed E-state index contributed by atoms with van der Waals surface area (Å²) < 4.78 is 18.9. The van der Waals surface area contributed by atoms with Crippen molar-refractivity contribution in [2.75, 3.05) is 7.11 Å². The predicted molar refractivity (Wildman–Crippen MR) is 88.5 cm³/mol. The molecule has 0 aliphatic heterocycles. The van der Waals surface area contributed by atoms with E-state index in [1.807, 2.05) is 54.6 Å². The van der Waals surface area contributed by atoms with Crippen LogP contribution in [0.1, 0.15) is 25.5 Å². The van der Waals surface area contributed by atoms with E-state index in [0.717, 1.165) is 5.56 Å². The summed E-state index contributed by atoms with van der Waals surface area (Å²) in [4.78, 5) is 0. The zero-order chi connectivity index (χ0) is 15.5. The third kappa shape index (κ3) is 3.11. The number of hydrogen-bond donors (Lipinski definition) is 1. The van der Waals surface area contributed by atoms with E-state index in [1.165, 1.54) is 7.11 Å². The average Bonchev–Trinajstić information content (AvgIpc) is 2.54. The second kappa shape index (κ2) is 6.57. The standard InChI is InChI=1S/C17H22NO2P/c1-13(2)17(18)15-11-7-8-12-16(15)21(19,20-3)14-9-5-4-6-10-14/h4-13,17H,18H2,1-3H3. The van der Waals surface area contributed by atoms with Crippen LogP contribution in [0.25, 0.3) is 0 Å². The molecule has 2 aromatic rings. The minimum Gasteiger partial charge on any atom is -0.325 e. The van der Waals surface area contributed by atoms with Gasteiger partial charge in [0.2, 0.25) is 0 Å². The zero-order valence-electron chi connectivity index (χ0n) is 12.7. The van der Waals surface area contributed by atoms with E-state index in [9.17, 15) is 4.57 Å². The van der Waals surface area contributed by atoms with Crippen molar-refractivity contribution in [2.24, 2.45) is 11.7 Å². The molecule has 0 heterocycles. The molecule has 4 heteroatoms. The lowest BCUT2D eigenvalue weighted by atomic mass is 9.97. The van der Waals surface area contributed by atoms with Gasteiger partial charge in [0.05, 0.1) is 0 Å². The Bertz CT molecular complexity index is 640. The first-order valence-corrected chi connectivity index (χ1v) is 8.69. The fourth-order valence-electron chi connectivity index (χ4n) is 2.36. The molecule has 0 radical (unpaired) electrons. The van der Waals surface area contributed by atoms with Crippen LogP contribution in [0.15, 0.2) is 54.6 Å². The molecule has 112 valence electrons. The molecular weight excluding hydrogens is 281 g/mol. The fraction of sp³-hybridized carbons (Fsp3) is 0.294. The van der Waals surface area contributed by atoms with Crippen LogP contribution in [0.3, 0.4) is 0 Å². The van der Waals surface area contributed by atoms with E-state index in [0.29, 0.717) is 10.6 Å². The number of hydrogen-bond acceptors (Lipinski definition) is 3. The molecule has 0 spiro atoms. The Morgan fingerprint density at radius 3 is 2.14 bits per heavy atom. The van der Waals surface area contributed by atoms with Crippen molar-refractivity contribution >= 4 is 18.0 Å². The van der Waals surface area contributed by atoms with Gasteiger partial charge in [0.25, 0.3) is 7.37 Å². The Morgan fingerprint density at radius 2 is 1.57 bits per heavy atom. The maximum atomic E-state index is 13.5. The Hall–Kier alpha value is -1.41. The predicted octanol–water partition coefficient (Wildman–Crippen LogP) is 3.22. The number of nitrogens with two attached hydrogens (primary N) is 1. The van der Waals surface area contributed by atoms with Crippen molar-refractivity contribution in [1.29, 1.82) is 0 Å². The van der Waals surface area contributed by atoms with E-state index >= 15 is 0 Å². The highest BCUT2D eigenvalue weighted by atomic mass is 31.2. The number of benzene rings is 2. The van der Waals surface area contributed by atoms with Crippen molar-refractivity contribution in [3.63, 3.8) is 0 Å². The quantitative estimate of drug-likeness (QED) is 0.863. The van der Waals surface area contributed by atoms with Gasteiger partial charge in [-0.25, -0.2) is 0 Å². The summed E-state index contributed by atoms with van der Waals surface area (Å²) in [5.74, 6) is 0.257. The molecule has 0 amide bonds. The summed E-state index contributed by atoms with van der Waals surface area (Å²) >= 11 is 0. The molecule has 0 aliphatic rings. The summed E-state index contributed by atoms with van der Waals surface area (Å²) in [5, 5.41) is 1.39. The van der Waals surface area contributed by atoms with Gasteiger partial charge < -0.3 is 10.3 Å². The van der Waals surface area contributed by atoms with E-state index in [4.69, 9.17) is 10.3 Å². The minimum absolute atomic E-state index is 0.173. The number of rotatable bonds is 5. The SMILES string of the molecule is COP(=O)(c1ccccc1)c1ccccc1C(N)C(C)C. The van der Waals surface area contributed by atoms with Crippen LogP contribution in [0, 0.1) is 5.92 Å². The first-order chi connectivity index (χ1) is 10.0. The molecule has 0 fully saturated rings. The lowest BCUT2D eigenvalue weighted by Crippen LogP contribution is -2.27. The van der Waals surface area contributed by atoms with Gasteiger partial charge >= 0.3 is 0 Å². The van der Waals surface area contributed by atoms with Crippen LogP contribution in [0.2, 0.25) is 0 Å². The third-order valence-corrected chi connectivity index (χ3v) is 6.22. The molecule has 2 N–H and O–H groups in total. The Balaban J connectivity index is 2.61. The Morgan fingerprint density at radius 1 is 1.00 bits per heavy atom. The smallest absolute Gasteiger partial charge is 0.261 e. The van der Waals surface area contributed by atoms with E-state index < -0.39 is 7.37 Å². The highest BCUT2D eigenvalue weighted by Crippen LogP contribution is 2.45. The molecule has 2 aromatic carbocycles. The molecular formula is C17H22NO2P. The van der Waals surface area contributed by atoms with Gasteiger partial charge in [-0.1, -0.05) is 50.2 Å². The highest BCUT2D eigenvalue weighted by molar-refractivity contribution is 7.74. The van der Waals surface area contributed by atoms with Crippen molar-refractivity contribution in [3.05, 3.63) is 60.2 Å². The summed E-state index contributed by atoms with van der Waals surface area (Å²) in [6.45, 7) is 4.11. The Labute approximate surface area is 126 Å². The first kappa shape index (κ1) is 16.0. The largest absolute Gasteiger partial charge is 0.325 e. The van der Waals surface area contributed by atoms with Gasteiger partial charge in [0, 0.05) is 23.8 Å². The summed E-state index contributed by atoms with van der Waals surface area (Å²) in [5.41, 5.74) is 7.18. The van der Waals surface area contributed by atoms with Gasteiger partial charge in [0.1, 0.15) is 0 Å². The zero-order valence-corrected chi connectivity index (χ0v) is 13.6. The monoisotopic (exact) mass is 303 g/mol. The topological polar surface area (TPSA) is 52.3 Å². The molecule has 0 saturated heterocycles. The van der Waals surface area contributed by atoms with Crippen LogP contribution in [-0.4, -0.2) is 7.11 Å². The fourth-order valence-corrected chi connectivity index (χ4v) is 4.46. The van der Waals surface area contributed by atoms with Crippen molar-refractivity contribution < 1.29 is 9.09 Å².